The van der Waals surface area contributed by atoms with Gasteiger partial charge in [0.2, 0.25) is 5.91 Å². The average Bonchev–Trinajstić information content (AvgIpc) is 3.12. The number of benzene rings is 2. The first kappa shape index (κ1) is 21.1. The zero-order chi connectivity index (χ0) is 20.8. The molecule has 2 aromatic carbocycles. The van der Waals surface area contributed by atoms with E-state index in [4.69, 9.17) is 21.1 Å². The minimum atomic E-state index is -0.112. The molecule has 0 aliphatic rings. The van der Waals surface area contributed by atoms with Crippen LogP contribution in [0.2, 0.25) is 5.02 Å². The monoisotopic (exact) mass is 431 g/mol. The molecule has 6 nitrogen and oxygen atoms in total. The number of nitrogens with one attached hydrogen (secondary N) is 1. The number of carbonyl (C=O) groups excluding carboxylic acids is 1. The van der Waals surface area contributed by atoms with E-state index < -0.39 is 0 Å². The molecular weight excluding hydrogens is 410 g/mol. The van der Waals surface area contributed by atoms with Crippen LogP contribution in [-0.2, 0) is 18.3 Å². The molecule has 3 rings (SSSR count). The number of ether oxygens (including phenoxy) is 2. The summed E-state index contributed by atoms with van der Waals surface area (Å²) >= 11 is 7.61. The van der Waals surface area contributed by atoms with Gasteiger partial charge in [0.25, 0.3) is 0 Å². The smallest absolute Gasteiger partial charge is 0.224 e. The molecular formula is C21H22ClN3O3S. The summed E-state index contributed by atoms with van der Waals surface area (Å²) in [5, 5.41) is 4.34. The van der Waals surface area contributed by atoms with Crippen molar-refractivity contribution in [2.24, 2.45) is 7.05 Å². The van der Waals surface area contributed by atoms with Crippen LogP contribution in [0.3, 0.4) is 0 Å². The van der Waals surface area contributed by atoms with E-state index in [0.29, 0.717) is 35.1 Å². The number of aromatic nitrogens is 2. The van der Waals surface area contributed by atoms with Gasteiger partial charge in [-0.25, -0.2) is 4.98 Å². The third-order valence-electron chi connectivity index (χ3n) is 4.30. The molecule has 0 saturated carbocycles. The highest BCUT2D eigenvalue weighted by Gasteiger charge is 2.14. The standard InChI is InChI=1S/C21H22ClN3O3S/c1-25-12-11-23-21(25)29-18-9-8-15(22)13-16(18)24-19(26)10-7-14-5-4-6-17(27-2)20(14)28-3/h4-6,8-9,11-13H,7,10H2,1-3H3,(H,24,26). The van der Waals surface area contributed by atoms with Crippen molar-refractivity contribution in [3.63, 3.8) is 0 Å². The predicted molar refractivity (Wildman–Crippen MR) is 115 cm³/mol. The largest absolute Gasteiger partial charge is 0.493 e. The topological polar surface area (TPSA) is 65.4 Å². The van der Waals surface area contributed by atoms with Gasteiger partial charge < -0.3 is 19.4 Å². The van der Waals surface area contributed by atoms with E-state index in [1.807, 2.05) is 42.1 Å². The Morgan fingerprint density at radius 1 is 1.24 bits per heavy atom. The van der Waals surface area contributed by atoms with Gasteiger partial charge in [0.15, 0.2) is 16.7 Å². The van der Waals surface area contributed by atoms with E-state index >= 15 is 0 Å². The molecule has 3 aromatic rings. The van der Waals surface area contributed by atoms with Crippen molar-refractivity contribution in [3.05, 3.63) is 59.4 Å². The second-order valence-electron chi connectivity index (χ2n) is 6.26. The van der Waals surface area contributed by atoms with Crippen LogP contribution in [0.25, 0.3) is 0 Å². The Hall–Kier alpha value is -2.64. The molecule has 1 heterocycles. The zero-order valence-electron chi connectivity index (χ0n) is 16.4. The van der Waals surface area contributed by atoms with E-state index in [2.05, 4.69) is 10.3 Å². The minimum absolute atomic E-state index is 0.112. The zero-order valence-corrected chi connectivity index (χ0v) is 18.0. The lowest BCUT2D eigenvalue weighted by molar-refractivity contribution is -0.116. The SMILES string of the molecule is COc1cccc(CCC(=O)Nc2cc(Cl)ccc2Sc2nccn2C)c1OC. The van der Waals surface area contributed by atoms with Crippen LogP contribution in [0.4, 0.5) is 5.69 Å². The maximum absolute atomic E-state index is 12.6. The number of anilines is 1. The first-order valence-electron chi connectivity index (χ1n) is 8.96. The van der Waals surface area contributed by atoms with Gasteiger partial charge in [-0.05, 0) is 48.0 Å². The Morgan fingerprint density at radius 3 is 2.76 bits per heavy atom. The van der Waals surface area contributed by atoms with E-state index in [0.717, 1.165) is 15.6 Å². The summed E-state index contributed by atoms with van der Waals surface area (Å²) in [5.41, 5.74) is 1.57. The number of carbonyl (C=O) groups is 1. The van der Waals surface area contributed by atoms with Crippen LogP contribution in [0.15, 0.2) is 58.8 Å². The molecule has 152 valence electrons. The van der Waals surface area contributed by atoms with E-state index in [1.54, 1.807) is 32.5 Å². The number of halogens is 1. The number of amides is 1. The number of imidazole rings is 1. The molecule has 1 aromatic heterocycles. The summed E-state index contributed by atoms with van der Waals surface area (Å²) in [6.45, 7) is 0. The number of methoxy groups -OCH3 is 2. The molecule has 0 radical (unpaired) electrons. The van der Waals surface area contributed by atoms with Crippen molar-refractivity contribution in [1.82, 2.24) is 9.55 Å². The Labute approximate surface area is 179 Å². The third kappa shape index (κ3) is 5.25. The number of para-hydroxylation sites is 1. The van der Waals surface area contributed by atoms with Gasteiger partial charge >= 0.3 is 0 Å². The van der Waals surface area contributed by atoms with Crippen LogP contribution >= 0.6 is 23.4 Å². The molecule has 0 bridgehead atoms. The highest BCUT2D eigenvalue weighted by Crippen LogP contribution is 2.35. The first-order chi connectivity index (χ1) is 14.0. The molecule has 0 saturated heterocycles. The van der Waals surface area contributed by atoms with Gasteiger partial charge in [-0.1, -0.05) is 23.7 Å². The average molecular weight is 432 g/mol. The van der Waals surface area contributed by atoms with Gasteiger partial charge in [-0.15, -0.1) is 0 Å². The van der Waals surface area contributed by atoms with Crippen molar-refractivity contribution < 1.29 is 14.3 Å². The molecule has 0 spiro atoms. The molecule has 0 aliphatic carbocycles. The third-order valence-corrected chi connectivity index (χ3v) is 5.69. The van der Waals surface area contributed by atoms with Gasteiger partial charge in [-0.2, -0.15) is 0 Å². The summed E-state index contributed by atoms with van der Waals surface area (Å²) < 4.78 is 12.7. The Kier molecular flexibility index (Phi) is 7.06. The fourth-order valence-corrected chi connectivity index (χ4v) is 3.89. The van der Waals surface area contributed by atoms with Gasteiger partial charge in [-0.3, -0.25) is 4.79 Å². The Bertz CT molecular complexity index is 1010. The fraction of sp³-hybridized carbons (Fsp3) is 0.238. The van der Waals surface area contributed by atoms with Gasteiger partial charge in [0.1, 0.15) is 0 Å². The molecule has 0 atom stereocenters. The maximum atomic E-state index is 12.6. The summed E-state index contributed by atoms with van der Waals surface area (Å²) in [6, 6.07) is 11.1. The fourth-order valence-electron chi connectivity index (χ4n) is 2.85. The van der Waals surface area contributed by atoms with Crippen LogP contribution in [0.5, 0.6) is 11.5 Å². The van der Waals surface area contributed by atoms with Crippen molar-refractivity contribution >= 4 is 35.0 Å². The van der Waals surface area contributed by atoms with Crippen molar-refractivity contribution in [1.29, 1.82) is 0 Å². The molecule has 1 N–H and O–H groups in total. The first-order valence-corrected chi connectivity index (χ1v) is 10.2. The Balaban J connectivity index is 1.71. The summed E-state index contributed by atoms with van der Waals surface area (Å²) in [6.07, 6.45) is 4.42. The van der Waals surface area contributed by atoms with E-state index in [9.17, 15) is 4.79 Å². The number of hydrogen-bond acceptors (Lipinski definition) is 5. The van der Waals surface area contributed by atoms with E-state index in [1.165, 1.54) is 11.8 Å². The highest BCUT2D eigenvalue weighted by atomic mass is 35.5. The maximum Gasteiger partial charge on any atom is 0.224 e. The van der Waals surface area contributed by atoms with Crippen LogP contribution in [0.1, 0.15) is 12.0 Å². The molecule has 1 amide bonds. The highest BCUT2D eigenvalue weighted by molar-refractivity contribution is 7.99. The molecule has 0 unspecified atom stereocenters. The summed E-state index contributed by atoms with van der Waals surface area (Å²) in [7, 11) is 5.10. The summed E-state index contributed by atoms with van der Waals surface area (Å²) in [4.78, 5) is 17.8. The van der Waals surface area contributed by atoms with Crippen LogP contribution < -0.4 is 14.8 Å². The molecule has 29 heavy (non-hydrogen) atoms. The minimum Gasteiger partial charge on any atom is -0.493 e. The van der Waals surface area contributed by atoms with Crippen molar-refractivity contribution in [2.75, 3.05) is 19.5 Å². The number of hydrogen-bond donors (Lipinski definition) is 1. The van der Waals surface area contributed by atoms with Crippen LogP contribution in [-0.4, -0.2) is 29.7 Å². The lowest BCUT2D eigenvalue weighted by atomic mass is 10.1. The summed E-state index contributed by atoms with van der Waals surface area (Å²) in [5.74, 6) is 1.18. The van der Waals surface area contributed by atoms with Gasteiger partial charge in [0, 0.05) is 35.8 Å². The molecule has 0 fully saturated rings. The predicted octanol–water partition coefficient (Wildman–Crippen LogP) is 4.81. The molecule has 8 heteroatoms. The van der Waals surface area contributed by atoms with Crippen molar-refractivity contribution in [2.45, 2.75) is 22.9 Å². The lowest BCUT2D eigenvalue weighted by Gasteiger charge is -2.13. The normalized spacial score (nSPS) is 10.6. The second-order valence-corrected chi connectivity index (χ2v) is 7.71. The second kappa shape index (κ2) is 9.71. The van der Waals surface area contributed by atoms with Crippen molar-refractivity contribution in [3.8, 4) is 11.5 Å². The van der Waals surface area contributed by atoms with Gasteiger partial charge in [0.05, 0.1) is 19.9 Å². The number of aryl methyl sites for hydroxylation is 2. The molecule has 0 aliphatic heterocycles. The number of nitrogens with zero attached hydrogens (tertiary/aromatic N) is 2. The quantitative estimate of drug-likeness (QED) is 0.554. The number of rotatable bonds is 8. The Morgan fingerprint density at radius 2 is 2.07 bits per heavy atom. The van der Waals surface area contributed by atoms with Crippen LogP contribution in [0, 0.1) is 0 Å². The lowest BCUT2D eigenvalue weighted by Crippen LogP contribution is -2.13. The van der Waals surface area contributed by atoms with E-state index in [-0.39, 0.29) is 5.91 Å².